The van der Waals surface area contributed by atoms with Crippen molar-refractivity contribution in [1.82, 2.24) is 14.4 Å². The van der Waals surface area contributed by atoms with Gasteiger partial charge in [0.2, 0.25) is 0 Å². The Morgan fingerprint density at radius 3 is 2.24 bits per heavy atom. The van der Waals surface area contributed by atoms with E-state index in [9.17, 15) is 9.59 Å². The van der Waals surface area contributed by atoms with Crippen LogP contribution < -0.4 is 5.56 Å². The van der Waals surface area contributed by atoms with Gasteiger partial charge in [0.15, 0.2) is 0 Å². The molecule has 0 aliphatic carbocycles. The van der Waals surface area contributed by atoms with E-state index in [1.807, 2.05) is 49.2 Å². The van der Waals surface area contributed by atoms with Gasteiger partial charge in [0.1, 0.15) is 0 Å². The van der Waals surface area contributed by atoms with Crippen LogP contribution >= 0.6 is 0 Å². The van der Waals surface area contributed by atoms with Crippen molar-refractivity contribution < 1.29 is 4.79 Å². The standard InChI is InChI=1S/C20H25N3O2/c1-16-6-5-7-17(2)19(16)20(25)23-14-11-21(12-15-23)10-13-22-9-4-3-8-18(22)24/h3-9H,10-15H2,1-2H3. The fourth-order valence-corrected chi connectivity index (χ4v) is 3.38. The SMILES string of the molecule is Cc1cccc(C)c1C(=O)N1CCN(CCn2ccccc2=O)CC1. The molecule has 0 N–H and O–H groups in total. The van der Waals surface area contributed by atoms with Crippen LogP contribution in [-0.4, -0.2) is 53.0 Å². The molecule has 1 fully saturated rings. The molecule has 3 rings (SSSR count). The average Bonchev–Trinajstić information content (AvgIpc) is 2.61. The Hall–Kier alpha value is -2.40. The molecule has 0 radical (unpaired) electrons. The quantitative estimate of drug-likeness (QED) is 0.855. The summed E-state index contributed by atoms with van der Waals surface area (Å²) < 4.78 is 1.73. The Morgan fingerprint density at radius 1 is 0.920 bits per heavy atom. The Kier molecular flexibility index (Phi) is 5.34. The number of carbonyl (C=O) groups is 1. The maximum atomic E-state index is 12.8. The lowest BCUT2D eigenvalue weighted by molar-refractivity contribution is 0.0631. The van der Waals surface area contributed by atoms with Crippen LogP contribution in [0.15, 0.2) is 47.4 Å². The fraction of sp³-hybridized carbons (Fsp3) is 0.400. The molecule has 2 heterocycles. The van der Waals surface area contributed by atoms with Gasteiger partial charge in [0.25, 0.3) is 11.5 Å². The molecule has 0 saturated carbocycles. The van der Waals surface area contributed by atoms with E-state index in [0.717, 1.165) is 49.4 Å². The highest BCUT2D eigenvalue weighted by atomic mass is 16.2. The molecule has 1 aromatic carbocycles. The van der Waals surface area contributed by atoms with E-state index in [0.29, 0.717) is 6.54 Å². The van der Waals surface area contributed by atoms with E-state index in [4.69, 9.17) is 0 Å². The molecule has 0 bridgehead atoms. The number of hydrogen-bond acceptors (Lipinski definition) is 3. The number of benzene rings is 1. The zero-order chi connectivity index (χ0) is 17.8. The highest BCUT2D eigenvalue weighted by Gasteiger charge is 2.23. The van der Waals surface area contributed by atoms with Gasteiger partial charge in [0.05, 0.1) is 0 Å². The number of piperazine rings is 1. The summed E-state index contributed by atoms with van der Waals surface area (Å²) in [6.07, 6.45) is 1.82. The van der Waals surface area contributed by atoms with Gasteiger partial charge in [-0.2, -0.15) is 0 Å². The van der Waals surface area contributed by atoms with Crippen molar-refractivity contribution in [3.05, 3.63) is 69.6 Å². The van der Waals surface area contributed by atoms with Crippen LogP contribution in [0.2, 0.25) is 0 Å². The zero-order valence-corrected chi connectivity index (χ0v) is 14.9. The minimum Gasteiger partial charge on any atom is -0.336 e. The fourth-order valence-electron chi connectivity index (χ4n) is 3.38. The number of rotatable bonds is 4. The molecular formula is C20H25N3O2. The normalized spacial score (nSPS) is 15.4. The highest BCUT2D eigenvalue weighted by molar-refractivity contribution is 5.97. The molecule has 5 nitrogen and oxygen atoms in total. The van der Waals surface area contributed by atoms with E-state index < -0.39 is 0 Å². The second-order valence-electron chi connectivity index (χ2n) is 6.63. The third kappa shape index (κ3) is 3.99. The monoisotopic (exact) mass is 339 g/mol. The first-order chi connectivity index (χ1) is 12.1. The smallest absolute Gasteiger partial charge is 0.254 e. The second kappa shape index (κ2) is 7.66. The van der Waals surface area contributed by atoms with Gasteiger partial charge < -0.3 is 9.47 Å². The van der Waals surface area contributed by atoms with Crippen LogP contribution in [0.25, 0.3) is 0 Å². The molecular weight excluding hydrogens is 314 g/mol. The first kappa shape index (κ1) is 17.4. The molecule has 25 heavy (non-hydrogen) atoms. The van der Waals surface area contributed by atoms with Gasteiger partial charge in [-0.3, -0.25) is 14.5 Å². The summed E-state index contributed by atoms with van der Waals surface area (Å²) in [4.78, 5) is 28.8. The van der Waals surface area contributed by atoms with Crippen LogP contribution in [-0.2, 0) is 6.54 Å². The lowest BCUT2D eigenvalue weighted by Gasteiger charge is -2.35. The third-order valence-corrected chi connectivity index (χ3v) is 4.91. The first-order valence-electron chi connectivity index (χ1n) is 8.79. The van der Waals surface area contributed by atoms with Gasteiger partial charge in [-0.15, -0.1) is 0 Å². The average molecular weight is 339 g/mol. The van der Waals surface area contributed by atoms with E-state index in [2.05, 4.69) is 4.90 Å². The maximum Gasteiger partial charge on any atom is 0.254 e. The molecule has 1 aliphatic heterocycles. The number of nitrogens with zero attached hydrogens (tertiary/aromatic N) is 3. The topological polar surface area (TPSA) is 45.6 Å². The van der Waals surface area contributed by atoms with Crippen LogP contribution in [0.4, 0.5) is 0 Å². The summed E-state index contributed by atoms with van der Waals surface area (Å²) in [5.41, 5.74) is 2.95. The zero-order valence-electron chi connectivity index (χ0n) is 14.9. The summed E-state index contributed by atoms with van der Waals surface area (Å²) in [6, 6.07) is 11.2. The molecule has 2 aromatic rings. The number of amides is 1. The number of hydrogen-bond donors (Lipinski definition) is 0. The van der Waals surface area contributed by atoms with Gasteiger partial charge >= 0.3 is 0 Å². The van der Waals surface area contributed by atoms with E-state index >= 15 is 0 Å². The van der Waals surface area contributed by atoms with E-state index in [1.54, 1.807) is 16.7 Å². The maximum absolute atomic E-state index is 12.8. The Bertz CT molecular complexity index is 784. The van der Waals surface area contributed by atoms with Crippen LogP contribution in [0.1, 0.15) is 21.5 Å². The Labute approximate surface area is 148 Å². The number of aromatic nitrogens is 1. The lowest BCUT2D eigenvalue weighted by atomic mass is 10.0. The highest BCUT2D eigenvalue weighted by Crippen LogP contribution is 2.17. The van der Waals surface area contributed by atoms with Crippen molar-refractivity contribution in [2.75, 3.05) is 32.7 Å². The number of carbonyl (C=O) groups excluding carboxylic acids is 1. The van der Waals surface area contributed by atoms with Crippen molar-refractivity contribution in [3.63, 3.8) is 0 Å². The van der Waals surface area contributed by atoms with Gasteiger partial charge in [0, 0.05) is 57.1 Å². The van der Waals surface area contributed by atoms with Crippen LogP contribution in [0.5, 0.6) is 0 Å². The minimum absolute atomic E-state index is 0.0336. The summed E-state index contributed by atoms with van der Waals surface area (Å²) >= 11 is 0. The van der Waals surface area contributed by atoms with Crippen molar-refractivity contribution in [2.24, 2.45) is 0 Å². The third-order valence-electron chi connectivity index (χ3n) is 4.91. The number of pyridine rings is 1. The van der Waals surface area contributed by atoms with E-state index in [-0.39, 0.29) is 11.5 Å². The largest absolute Gasteiger partial charge is 0.336 e. The minimum atomic E-state index is 0.0336. The molecule has 1 saturated heterocycles. The molecule has 1 aromatic heterocycles. The van der Waals surface area contributed by atoms with Gasteiger partial charge in [-0.1, -0.05) is 24.3 Å². The molecule has 0 unspecified atom stereocenters. The molecule has 5 heteroatoms. The molecule has 132 valence electrons. The van der Waals surface area contributed by atoms with Crippen molar-refractivity contribution in [2.45, 2.75) is 20.4 Å². The van der Waals surface area contributed by atoms with Crippen molar-refractivity contribution in [3.8, 4) is 0 Å². The van der Waals surface area contributed by atoms with Gasteiger partial charge in [-0.05, 0) is 31.0 Å². The molecule has 1 aliphatic rings. The van der Waals surface area contributed by atoms with Crippen LogP contribution in [0.3, 0.4) is 0 Å². The number of aryl methyl sites for hydroxylation is 2. The summed E-state index contributed by atoms with van der Waals surface area (Å²) in [5, 5.41) is 0. The van der Waals surface area contributed by atoms with Crippen molar-refractivity contribution in [1.29, 1.82) is 0 Å². The Balaban J connectivity index is 1.56. The molecule has 1 amide bonds. The molecule has 0 atom stereocenters. The molecule has 0 spiro atoms. The second-order valence-corrected chi connectivity index (χ2v) is 6.63. The Morgan fingerprint density at radius 2 is 1.60 bits per heavy atom. The lowest BCUT2D eigenvalue weighted by Crippen LogP contribution is -2.49. The summed E-state index contributed by atoms with van der Waals surface area (Å²) in [5.74, 6) is 0.134. The predicted octanol–water partition coefficient (Wildman–Crippen LogP) is 1.92. The summed E-state index contributed by atoms with van der Waals surface area (Å²) in [6.45, 7) is 8.66. The van der Waals surface area contributed by atoms with Gasteiger partial charge in [-0.25, -0.2) is 0 Å². The summed E-state index contributed by atoms with van der Waals surface area (Å²) in [7, 11) is 0. The van der Waals surface area contributed by atoms with Crippen LogP contribution in [0, 0.1) is 13.8 Å². The van der Waals surface area contributed by atoms with Crippen molar-refractivity contribution >= 4 is 5.91 Å². The first-order valence-corrected chi connectivity index (χ1v) is 8.79. The van der Waals surface area contributed by atoms with E-state index in [1.165, 1.54) is 0 Å². The predicted molar refractivity (Wildman–Crippen MR) is 99.0 cm³/mol.